The fourth-order valence-corrected chi connectivity index (χ4v) is 3.64. The van der Waals surface area contributed by atoms with E-state index in [0.29, 0.717) is 12.1 Å². The summed E-state index contributed by atoms with van der Waals surface area (Å²) in [5.74, 6) is -0.374. The summed E-state index contributed by atoms with van der Waals surface area (Å²) >= 11 is 11.7. The van der Waals surface area contributed by atoms with Crippen LogP contribution in [0.1, 0.15) is 13.3 Å². The summed E-state index contributed by atoms with van der Waals surface area (Å²) in [6.07, 6.45) is 0.479. The number of sulfone groups is 1. The van der Waals surface area contributed by atoms with Gasteiger partial charge in [0.05, 0.1) is 25.9 Å². The lowest BCUT2D eigenvalue weighted by Crippen LogP contribution is -2.34. The Labute approximate surface area is 150 Å². The summed E-state index contributed by atoms with van der Waals surface area (Å²) in [5, 5.41) is 3.02. The van der Waals surface area contributed by atoms with Crippen LogP contribution in [0.25, 0.3) is 0 Å². The first-order chi connectivity index (χ1) is 11.3. The van der Waals surface area contributed by atoms with Crippen LogP contribution < -0.4 is 11.1 Å². The molecule has 0 aliphatic heterocycles. The van der Waals surface area contributed by atoms with Crippen LogP contribution in [0.5, 0.6) is 0 Å². The number of hydrogen-bond acceptors (Lipinski definition) is 4. The van der Waals surface area contributed by atoms with Gasteiger partial charge in [-0.25, -0.2) is 8.42 Å². The molecule has 0 spiro atoms. The molecule has 0 saturated heterocycles. The molecule has 1 amide bonds. The molecule has 0 aromatic heterocycles. The lowest BCUT2D eigenvalue weighted by Gasteiger charge is -2.11. The van der Waals surface area contributed by atoms with E-state index < -0.39 is 15.9 Å². The third-order valence-electron chi connectivity index (χ3n) is 3.39. The number of carbonyl (C=O) groups is 1. The molecule has 0 bridgehead atoms. The van der Waals surface area contributed by atoms with Crippen LogP contribution in [0.2, 0.25) is 10.0 Å². The highest BCUT2D eigenvalue weighted by molar-refractivity contribution is 7.91. The topological polar surface area (TPSA) is 89.3 Å². The number of hydrogen-bond donors (Lipinski definition) is 2. The van der Waals surface area contributed by atoms with Gasteiger partial charge in [0.15, 0.2) is 0 Å². The van der Waals surface area contributed by atoms with Crippen LogP contribution in [0, 0.1) is 0 Å². The number of nitrogens with one attached hydrogen (secondary N) is 1. The summed E-state index contributed by atoms with van der Waals surface area (Å²) in [4.78, 5) is 11.9. The molecule has 0 radical (unpaired) electrons. The van der Waals surface area contributed by atoms with Gasteiger partial charge in [-0.15, -0.1) is 0 Å². The van der Waals surface area contributed by atoms with E-state index in [-0.39, 0.29) is 25.7 Å². The molecule has 2 rings (SSSR count). The number of rotatable bonds is 5. The van der Waals surface area contributed by atoms with Crippen molar-refractivity contribution in [2.45, 2.75) is 29.2 Å². The average molecular weight is 387 g/mol. The Balaban J connectivity index is 2.36. The van der Waals surface area contributed by atoms with Crippen LogP contribution in [0.3, 0.4) is 0 Å². The van der Waals surface area contributed by atoms with E-state index in [0.717, 1.165) is 0 Å². The molecular formula is C16H16Cl2N2O3S. The molecule has 3 N–H and O–H groups in total. The van der Waals surface area contributed by atoms with Gasteiger partial charge in [0.2, 0.25) is 15.7 Å². The van der Waals surface area contributed by atoms with Crippen LogP contribution >= 0.6 is 23.2 Å². The summed E-state index contributed by atoms with van der Waals surface area (Å²) in [6.45, 7) is 1.79. The molecule has 24 heavy (non-hydrogen) atoms. The van der Waals surface area contributed by atoms with Crippen molar-refractivity contribution in [1.82, 2.24) is 0 Å². The fourth-order valence-electron chi connectivity index (χ4n) is 1.94. The SMILES string of the molecule is CCC(N)C(=O)Nc1cccc(S(=O)(=O)c2ccc(Cl)c(Cl)c2)c1. The van der Waals surface area contributed by atoms with Gasteiger partial charge in [0, 0.05) is 5.69 Å². The maximum absolute atomic E-state index is 12.7. The standard InChI is InChI=1S/C16H16Cl2N2O3S/c1-2-15(19)16(21)20-10-4-3-5-11(8-10)24(22,23)12-6-7-13(17)14(18)9-12/h3-9,15H,2,19H2,1H3,(H,20,21). The zero-order valence-electron chi connectivity index (χ0n) is 12.8. The Morgan fingerprint density at radius 1 is 1.12 bits per heavy atom. The average Bonchev–Trinajstić information content (AvgIpc) is 2.56. The first-order valence-corrected chi connectivity index (χ1v) is 9.36. The van der Waals surface area contributed by atoms with E-state index >= 15 is 0 Å². The van der Waals surface area contributed by atoms with Crippen molar-refractivity contribution >= 4 is 44.6 Å². The lowest BCUT2D eigenvalue weighted by molar-refractivity contribution is -0.117. The molecule has 0 saturated carbocycles. The van der Waals surface area contributed by atoms with Crippen LogP contribution in [0.4, 0.5) is 5.69 Å². The predicted octanol–water partition coefficient (Wildman–Crippen LogP) is 3.50. The number of benzene rings is 2. The zero-order valence-corrected chi connectivity index (χ0v) is 15.1. The second kappa shape index (κ2) is 7.53. The molecule has 0 heterocycles. The largest absolute Gasteiger partial charge is 0.325 e. The molecule has 1 atom stereocenters. The van der Waals surface area contributed by atoms with E-state index in [2.05, 4.69) is 5.32 Å². The molecule has 5 nitrogen and oxygen atoms in total. The summed E-state index contributed by atoms with van der Waals surface area (Å²) in [5.41, 5.74) is 6.00. The highest BCUT2D eigenvalue weighted by Crippen LogP contribution is 2.29. The highest BCUT2D eigenvalue weighted by Gasteiger charge is 2.20. The Morgan fingerprint density at radius 2 is 1.79 bits per heavy atom. The molecule has 0 aliphatic carbocycles. The highest BCUT2D eigenvalue weighted by atomic mass is 35.5. The molecule has 0 fully saturated rings. The van der Waals surface area contributed by atoms with Crippen molar-refractivity contribution in [2.24, 2.45) is 5.73 Å². The van der Waals surface area contributed by atoms with Crippen molar-refractivity contribution in [2.75, 3.05) is 5.32 Å². The Morgan fingerprint density at radius 3 is 2.42 bits per heavy atom. The van der Waals surface area contributed by atoms with Crippen LogP contribution in [0.15, 0.2) is 52.3 Å². The third kappa shape index (κ3) is 4.08. The first-order valence-electron chi connectivity index (χ1n) is 7.12. The summed E-state index contributed by atoms with van der Waals surface area (Å²) < 4.78 is 25.4. The molecule has 8 heteroatoms. The quantitative estimate of drug-likeness (QED) is 0.822. The number of nitrogens with two attached hydrogens (primary N) is 1. The van der Waals surface area contributed by atoms with Gasteiger partial charge in [0.25, 0.3) is 0 Å². The molecule has 2 aromatic carbocycles. The van der Waals surface area contributed by atoms with Crippen LogP contribution in [-0.2, 0) is 14.6 Å². The normalized spacial score (nSPS) is 12.7. The number of halogens is 2. The minimum Gasteiger partial charge on any atom is -0.325 e. The van der Waals surface area contributed by atoms with Crippen LogP contribution in [-0.4, -0.2) is 20.4 Å². The van der Waals surface area contributed by atoms with E-state index in [9.17, 15) is 13.2 Å². The molecular weight excluding hydrogens is 371 g/mol. The third-order valence-corrected chi connectivity index (χ3v) is 5.88. The van der Waals surface area contributed by atoms with E-state index in [4.69, 9.17) is 28.9 Å². The van der Waals surface area contributed by atoms with E-state index in [1.807, 2.05) is 0 Å². The van der Waals surface area contributed by atoms with Gasteiger partial charge in [-0.3, -0.25) is 4.79 Å². The number of carbonyl (C=O) groups excluding carboxylic acids is 1. The van der Waals surface area contributed by atoms with Gasteiger partial charge < -0.3 is 11.1 Å². The van der Waals surface area contributed by atoms with E-state index in [1.54, 1.807) is 13.0 Å². The van der Waals surface area contributed by atoms with Crippen molar-refractivity contribution in [3.8, 4) is 0 Å². The minimum absolute atomic E-state index is 0.0191. The Bertz CT molecular complexity index is 869. The monoisotopic (exact) mass is 386 g/mol. The number of amides is 1. The molecule has 1 unspecified atom stereocenters. The van der Waals surface area contributed by atoms with Crippen molar-refractivity contribution < 1.29 is 13.2 Å². The predicted molar refractivity (Wildman–Crippen MR) is 95.3 cm³/mol. The zero-order chi connectivity index (χ0) is 17.9. The minimum atomic E-state index is -3.79. The fraction of sp³-hybridized carbons (Fsp3) is 0.188. The second-order valence-corrected chi connectivity index (χ2v) is 7.88. The van der Waals surface area contributed by atoms with Gasteiger partial charge in [-0.1, -0.05) is 36.2 Å². The smallest absolute Gasteiger partial charge is 0.241 e. The summed E-state index contributed by atoms with van der Waals surface area (Å²) in [6, 6.07) is 9.37. The van der Waals surface area contributed by atoms with Crippen molar-refractivity contribution in [1.29, 1.82) is 0 Å². The van der Waals surface area contributed by atoms with E-state index in [1.165, 1.54) is 36.4 Å². The number of anilines is 1. The van der Waals surface area contributed by atoms with Crippen molar-refractivity contribution in [3.05, 3.63) is 52.5 Å². The molecule has 2 aromatic rings. The van der Waals surface area contributed by atoms with Gasteiger partial charge in [-0.05, 0) is 42.8 Å². The Hall–Kier alpha value is -1.60. The second-order valence-electron chi connectivity index (χ2n) is 5.11. The maximum atomic E-state index is 12.7. The first kappa shape index (κ1) is 18.7. The molecule has 0 aliphatic rings. The summed E-state index contributed by atoms with van der Waals surface area (Å²) in [7, 11) is -3.79. The molecule has 128 valence electrons. The van der Waals surface area contributed by atoms with Gasteiger partial charge >= 0.3 is 0 Å². The maximum Gasteiger partial charge on any atom is 0.241 e. The Kier molecular flexibility index (Phi) is 5.87. The van der Waals surface area contributed by atoms with Gasteiger partial charge in [-0.2, -0.15) is 0 Å². The van der Waals surface area contributed by atoms with Gasteiger partial charge in [0.1, 0.15) is 0 Å². The lowest BCUT2D eigenvalue weighted by atomic mass is 10.2. The van der Waals surface area contributed by atoms with Crippen molar-refractivity contribution in [3.63, 3.8) is 0 Å².